The molecule has 1 atom stereocenters. The maximum atomic E-state index is 13.5. The van der Waals surface area contributed by atoms with Crippen molar-refractivity contribution in [2.45, 2.75) is 52.2 Å². The fourth-order valence-corrected chi connectivity index (χ4v) is 5.51. The third-order valence-electron chi connectivity index (χ3n) is 6.34. The molecule has 4 aromatic rings. The summed E-state index contributed by atoms with van der Waals surface area (Å²) in [4.78, 5) is 37.5. The number of aliphatic hydroxyl groups is 1. The van der Waals surface area contributed by atoms with E-state index in [1.54, 1.807) is 48.7 Å². The Morgan fingerprint density at radius 1 is 1.05 bits per heavy atom. The Kier molecular flexibility index (Phi) is 6.53. The first kappa shape index (κ1) is 25.6. The first-order valence-corrected chi connectivity index (χ1v) is 13.3. The van der Waals surface area contributed by atoms with E-state index in [2.05, 4.69) is 31.8 Å². The molecule has 0 aliphatic carbocycles. The molecule has 1 aliphatic rings. The highest BCUT2D eigenvalue weighted by Gasteiger charge is 2.48. The zero-order valence-corrected chi connectivity index (χ0v) is 22.7. The highest BCUT2D eigenvalue weighted by atomic mass is 32.1. The molecule has 0 saturated carbocycles. The molecular formula is C30H29N3O4S. The second kappa shape index (κ2) is 9.68. The molecule has 38 heavy (non-hydrogen) atoms. The number of benzene rings is 2. The van der Waals surface area contributed by atoms with Crippen LogP contribution in [0.5, 0.6) is 5.75 Å². The highest BCUT2D eigenvalue weighted by Crippen LogP contribution is 2.44. The molecule has 8 heteroatoms. The fourth-order valence-electron chi connectivity index (χ4n) is 4.47. The Balaban J connectivity index is 1.67. The van der Waals surface area contributed by atoms with Crippen LogP contribution in [0, 0.1) is 0 Å². The molecule has 1 amide bonds. The van der Waals surface area contributed by atoms with Gasteiger partial charge in [-0.2, -0.15) is 0 Å². The van der Waals surface area contributed by atoms with Gasteiger partial charge < -0.3 is 9.84 Å². The number of pyridine rings is 1. The topological polar surface area (TPSA) is 92.6 Å². The van der Waals surface area contributed by atoms with Crippen LogP contribution in [0.15, 0.2) is 72.4 Å². The third kappa shape index (κ3) is 4.67. The number of ether oxygens (including phenoxy) is 1. The number of thiazole rings is 1. The quantitative estimate of drug-likeness (QED) is 0.183. The number of nitrogens with zero attached hydrogens (tertiary/aromatic N) is 3. The smallest absolute Gasteiger partial charge is 0.301 e. The minimum absolute atomic E-state index is 0.0370. The van der Waals surface area contributed by atoms with Gasteiger partial charge in [0.15, 0.2) is 5.13 Å². The van der Waals surface area contributed by atoms with E-state index in [-0.39, 0.29) is 22.9 Å². The van der Waals surface area contributed by atoms with Crippen molar-refractivity contribution in [3.63, 3.8) is 0 Å². The van der Waals surface area contributed by atoms with Crippen molar-refractivity contribution >= 4 is 44.1 Å². The van der Waals surface area contributed by atoms with Crippen LogP contribution in [0.3, 0.4) is 0 Å². The number of hydrogen-bond donors (Lipinski definition) is 1. The van der Waals surface area contributed by atoms with Gasteiger partial charge in [0.05, 0.1) is 27.6 Å². The van der Waals surface area contributed by atoms with E-state index in [0.29, 0.717) is 22.1 Å². The Labute approximate surface area is 225 Å². The van der Waals surface area contributed by atoms with E-state index in [9.17, 15) is 14.7 Å². The molecule has 194 valence electrons. The van der Waals surface area contributed by atoms with Crippen molar-refractivity contribution in [1.29, 1.82) is 0 Å². The number of carbonyl (C=O) groups is 2. The number of Topliss-reactive ketones (excluding diaryl/α,β-unsaturated/α-hetero) is 1. The molecule has 0 radical (unpaired) electrons. The van der Waals surface area contributed by atoms with Gasteiger partial charge in [-0.05, 0) is 61.2 Å². The molecule has 0 bridgehead atoms. The summed E-state index contributed by atoms with van der Waals surface area (Å²) in [5.74, 6) is -1.28. The van der Waals surface area contributed by atoms with Crippen LogP contribution < -0.4 is 9.64 Å². The number of rotatable bonds is 5. The van der Waals surface area contributed by atoms with Gasteiger partial charge in [-0.3, -0.25) is 19.5 Å². The lowest BCUT2D eigenvalue weighted by molar-refractivity contribution is -0.132. The number of fused-ring (bicyclic) bond motifs is 1. The van der Waals surface area contributed by atoms with Gasteiger partial charge in [0.1, 0.15) is 17.6 Å². The van der Waals surface area contributed by atoms with Crippen LogP contribution in [0.25, 0.3) is 16.0 Å². The predicted molar refractivity (Wildman–Crippen MR) is 150 cm³/mol. The molecule has 2 aromatic heterocycles. The van der Waals surface area contributed by atoms with Crippen molar-refractivity contribution in [3.8, 4) is 5.75 Å². The summed E-state index contributed by atoms with van der Waals surface area (Å²) in [6.45, 7) is 10.2. The van der Waals surface area contributed by atoms with E-state index in [1.807, 2.05) is 26.0 Å². The Hall–Kier alpha value is -4.04. The fraction of sp³-hybridized carbons (Fsp3) is 0.267. The molecule has 2 aromatic carbocycles. The number of amides is 1. The summed E-state index contributed by atoms with van der Waals surface area (Å²) in [6, 6.07) is 17.2. The summed E-state index contributed by atoms with van der Waals surface area (Å²) in [7, 11) is 0. The lowest BCUT2D eigenvalue weighted by Crippen LogP contribution is -2.29. The number of carbonyl (C=O) groups excluding carboxylic acids is 2. The van der Waals surface area contributed by atoms with Crippen LogP contribution in [0.1, 0.15) is 57.5 Å². The molecule has 5 rings (SSSR count). The summed E-state index contributed by atoms with van der Waals surface area (Å²) < 4.78 is 6.68. The van der Waals surface area contributed by atoms with Crippen LogP contribution >= 0.6 is 11.3 Å². The van der Waals surface area contributed by atoms with Gasteiger partial charge >= 0.3 is 5.91 Å². The first-order valence-electron chi connectivity index (χ1n) is 12.4. The standard InChI is InChI=1S/C30H29N3O4S/c1-17(2)37-20-10-8-9-18(15-20)26(34)24-25(22-11-6-7-14-31-22)33(28(36)27(24)35)29-32-21-13-12-19(30(3,4)5)16-23(21)38-29/h6-17,25,34H,1-5H3/b26-24+. The van der Waals surface area contributed by atoms with Crippen molar-refractivity contribution in [2.24, 2.45) is 0 Å². The normalized spacial score (nSPS) is 17.5. The lowest BCUT2D eigenvalue weighted by Gasteiger charge is -2.22. The average Bonchev–Trinajstić information content (AvgIpc) is 3.41. The largest absolute Gasteiger partial charge is 0.507 e. The van der Waals surface area contributed by atoms with Crippen LogP contribution in [-0.4, -0.2) is 32.9 Å². The molecule has 0 spiro atoms. The third-order valence-corrected chi connectivity index (χ3v) is 7.36. The number of anilines is 1. The molecule has 1 fully saturated rings. The maximum Gasteiger partial charge on any atom is 0.301 e. The molecule has 7 nitrogen and oxygen atoms in total. The molecule has 3 heterocycles. The first-order chi connectivity index (χ1) is 18.0. The Morgan fingerprint density at radius 3 is 2.53 bits per heavy atom. The van der Waals surface area contributed by atoms with Crippen LogP contribution in [-0.2, 0) is 15.0 Å². The van der Waals surface area contributed by atoms with E-state index in [1.165, 1.54) is 16.2 Å². The number of aliphatic hydroxyl groups excluding tert-OH is 1. The zero-order valence-electron chi connectivity index (χ0n) is 21.9. The molecule has 1 unspecified atom stereocenters. The van der Waals surface area contributed by atoms with Crippen LogP contribution in [0.4, 0.5) is 5.13 Å². The molecule has 1 saturated heterocycles. The predicted octanol–water partition coefficient (Wildman–Crippen LogP) is 6.40. The lowest BCUT2D eigenvalue weighted by atomic mass is 9.87. The second-order valence-electron chi connectivity index (χ2n) is 10.5. The number of aromatic nitrogens is 2. The van der Waals surface area contributed by atoms with Gasteiger partial charge in [0.25, 0.3) is 5.78 Å². The molecular weight excluding hydrogens is 498 g/mol. The summed E-state index contributed by atoms with van der Waals surface area (Å²) in [5.41, 5.74) is 2.62. The van der Waals surface area contributed by atoms with E-state index >= 15 is 0 Å². The van der Waals surface area contributed by atoms with Crippen molar-refractivity contribution in [1.82, 2.24) is 9.97 Å². The molecule has 1 aliphatic heterocycles. The maximum absolute atomic E-state index is 13.5. The number of hydrogen-bond acceptors (Lipinski definition) is 7. The average molecular weight is 528 g/mol. The van der Waals surface area contributed by atoms with Gasteiger partial charge in [-0.25, -0.2) is 4.98 Å². The monoisotopic (exact) mass is 527 g/mol. The summed E-state index contributed by atoms with van der Waals surface area (Å²) in [5, 5.41) is 11.8. The zero-order chi connectivity index (χ0) is 27.2. The SMILES string of the molecule is CC(C)Oc1cccc(/C(O)=C2\C(=O)C(=O)N(c3nc4ccc(C(C)(C)C)cc4s3)C2c2ccccn2)c1. The van der Waals surface area contributed by atoms with E-state index in [0.717, 1.165) is 15.8 Å². The van der Waals surface area contributed by atoms with Gasteiger partial charge in [0.2, 0.25) is 0 Å². The minimum Gasteiger partial charge on any atom is -0.507 e. The Bertz CT molecular complexity index is 1570. The van der Waals surface area contributed by atoms with Gasteiger partial charge in [0, 0.05) is 11.8 Å². The van der Waals surface area contributed by atoms with Crippen molar-refractivity contribution in [3.05, 3.63) is 89.3 Å². The van der Waals surface area contributed by atoms with E-state index < -0.39 is 17.7 Å². The van der Waals surface area contributed by atoms with Crippen molar-refractivity contribution in [2.75, 3.05) is 4.90 Å². The highest BCUT2D eigenvalue weighted by molar-refractivity contribution is 7.22. The van der Waals surface area contributed by atoms with E-state index in [4.69, 9.17) is 9.72 Å². The second-order valence-corrected chi connectivity index (χ2v) is 11.6. The Morgan fingerprint density at radius 2 is 1.84 bits per heavy atom. The summed E-state index contributed by atoms with van der Waals surface area (Å²) in [6.07, 6.45) is 1.53. The minimum atomic E-state index is -0.937. The summed E-state index contributed by atoms with van der Waals surface area (Å²) >= 11 is 1.34. The number of ketones is 1. The van der Waals surface area contributed by atoms with Crippen molar-refractivity contribution < 1.29 is 19.4 Å². The van der Waals surface area contributed by atoms with Gasteiger partial charge in [-0.1, -0.05) is 56.4 Å². The van der Waals surface area contributed by atoms with Crippen LogP contribution in [0.2, 0.25) is 0 Å². The van der Waals surface area contributed by atoms with Gasteiger partial charge in [-0.15, -0.1) is 0 Å². The molecule has 1 N–H and O–H groups in total.